The summed E-state index contributed by atoms with van der Waals surface area (Å²) < 4.78 is 23.6. The number of benzene rings is 2. The first-order valence-corrected chi connectivity index (χ1v) is 8.58. The molecule has 3 rings (SSSR count). The molecule has 1 heterocycles. The number of rotatable bonds is 6. The fourth-order valence-electron chi connectivity index (χ4n) is 3.19. The van der Waals surface area contributed by atoms with E-state index in [-0.39, 0.29) is 23.5 Å². The van der Waals surface area contributed by atoms with Crippen molar-refractivity contribution >= 4 is 17.5 Å². The van der Waals surface area contributed by atoms with Crippen LogP contribution in [-0.2, 0) is 4.79 Å². The third kappa shape index (κ3) is 4.02. The molecule has 2 amide bonds. The first-order chi connectivity index (χ1) is 13.0. The number of hydrogen-bond acceptors (Lipinski definition) is 4. The van der Waals surface area contributed by atoms with Crippen LogP contribution in [0.1, 0.15) is 16.8 Å². The molecule has 0 saturated carbocycles. The summed E-state index contributed by atoms with van der Waals surface area (Å²) in [6.45, 7) is 0.803. The van der Waals surface area contributed by atoms with E-state index in [2.05, 4.69) is 5.32 Å². The molecule has 0 spiro atoms. The number of methoxy groups -OCH3 is 2. The number of halogens is 1. The van der Waals surface area contributed by atoms with Crippen LogP contribution in [0.2, 0.25) is 0 Å². The smallest absolute Gasteiger partial charge is 0.258 e. The number of anilines is 1. The molecule has 2 aromatic carbocycles. The van der Waals surface area contributed by atoms with E-state index in [9.17, 15) is 14.0 Å². The second-order valence-corrected chi connectivity index (χ2v) is 6.30. The average Bonchev–Trinajstić information content (AvgIpc) is 3.06. The second-order valence-electron chi connectivity index (χ2n) is 6.30. The van der Waals surface area contributed by atoms with Crippen molar-refractivity contribution in [3.8, 4) is 11.5 Å². The van der Waals surface area contributed by atoms with Gasteiger partial charge in [-0.15, -0.1) is 0 Å². The number of carbonyl (C=O) groups is 2. The molecule has 1 saturated heterocycles. The molecule has 142 valence electrons. The molecular formula is C20H21FN2O4. The summed E-state index contributed by atoms with van der Waals surface area (Å²) in [5, 5.41) is 2.85. The van der Waals surface area contributed by atoms with E-state index in [0.717, 1.165) is 0 Å². The first-order valence-electron chi connectivity index (χ1n) is 8.58. The van der Waals surface area contributed by atoms with Crippen LogP contribution < -0.4 is 19.7 Å². The summed E-state index contributed by atoms with van der Waals surface area (Å²) in [4.78, 5) is 26.5. The number of amides is 2. The van der Waals surface area contributed by atoms with E-state index in [1.54, 1.807) is 35.2 Å². The van der Waals surface area contributed by atoms with E-state index >= 15 is 0 Å². The highest BCUT2D eigenvalue weighted by atomic mass is 19.1. The van der Waals surface area contributed by atoms with Gasteiger partial charge in [0.1, 0.15) is 22.9 Å². The molecule has 1 aliphatic rings. The molecule has 1 N–H and O–H groups in total. The number of nitrogens with one attached hydrogen (secondary N) is 1. The van der Waals surface area contributed by atoms with Crippen LogP contribution in [0.5, 0.6) is 11.5 Å². The van der Waals surface area contributed by atoms with Crippen molar-refractivity contribution in [2.24, 2.45) is 5.92 Å². The number of carbonyl (C=O) groups excluding carboxylic acids is 2. The molecule has 0 radical (unpaired) electrons. The lowest BCUT2D eigenvalue weighted by Crippen LogP contribution is -2.31. The maximum Gasteiger partial charge on any atom is 0.258 e. The highest BCUT2D eigenvalue weighted by Crippen LogP contribution is 2.29. The van der Waals surface area contributed by atoms with Gasteiger partial charge in [-0.05, 0) is 36.4 Å². The minimum Gasteiger partial charge on any atom is -0.496 e. The maximum absolute atomic E-state index is 13.1. The van der Waals surface area contributed by atoms with E-state index in [1.807, 2.05) is 0 Å². The standard InChI is InChI=1S/C20H21FN2O4/c1-26-16-4-3-5-17(27-2)19(16)20(25)22-11-13-10-18(24)23(12-13)15-8-6-14(21)7-9-15/h3-9,13H,10-12H2,1-2H3,(H,22,25). The number of ether oxygens (including phenoxy) is 2. The Labute approximate surface area is 156 Å². The Morgan fingerprint density at radius 2 is 1.78 bits per heavy atom. The average molecular weight is 372 g/mol. The van der Waals surface area contributed by atoms with Crippen LogP contribution in [0.3, 0.4) is 0 Å². The Bertz CT molecular complexity index is 816. The molecule has 0 aromatic heterocycles. The quantitative estimate of drug-likeness (QED) is 0.847. The van der Waals surface area contributed by atoms with E-state index in [4.69, 9.17) is 9.47 Å². The van der Waals surface area contributed by atoms with E-state index < -0.39 is 0 Å². The van der Waals surface area contributed by atoms with Crippen molar-refractivity contribution in [3.05, 3.63) is 53.8 Å². The number of nitrogens with zero attached hydrogens (tertiary/aromatic N) is 1. The lowest BCUT2D eigenvalue weighted by atomic mass is 10.1. The van der Waals surface area contributed by atoms with Gasteiger partial charge in [0.2, 0.25) is 5.91 Å². The normalized spacial score (nSPS) is 16.3. The van der Waals surface area contributed by atoms with Gasteiger partial charge < -0.3 is 19.7 Å². The highest BCUT2D eigenvalue weighted by molar-refractivity contribution is 6.00. The molecule has 7 heteroatoms. The largest absolute Gasteiger partial charge is 0.496 e. The Balaban J connectivity index is 1.65. The lowest BCUT2D eigenvalue weighted by Gasteiger charge is -2.17. The Kier molecular flexibility index (Phi) is 5.59. The molecular weight excluding hydrogens is 351 g/mol. The van der Waals surface area contributed by atoms with Crippen molar-refractivity contribution in [3.63, 3.8) is 0 Å². The van der Waals surface area contributed by atoms with Gasteiger partial charge in [-0.25, -0.2) is 4.39 Å². The summed E-state index contributed by atoms with van der Waals surface area (Å²) in [5.74, 6) is 0.0875. The van der Waals surface area contributed by atoms with Crippen molar-refractivity contribution < 1.29 is 23.5 Å². The van der Waals surface area contributed by atoms with Crippen molar-refractivity contribution in [2.75, 3.05) is 32.2 Å². The predicted octanol–water partition coefficient (Wildman–Crippen LogP) is 2.63. The summed E-state index contributed by atoms with van der Waals surface area (Å²) in [6.07, 6.45) is 0.320. The molecule has 2 aromatic rings. The molecule has 1 unspecified atom stereocenters. The van der Waals surface area contributed by atoms with E-state index in [1.165, 1.54) is 26.4 Å². The molecule has 27 heavy (non-hydrogen) atoms. The minimum atomic E-state index is -0.347. The zero-order valence-electron chi connectivity index (χ0n) is 15.2. The van der Waals surface area contributed by atoms with Gasteiger partial charge in [0.15, 0.2) is 0 Å². The van der Waals surface area contributed by atoms with Gasteiger partial charge in [0, 0.05) is 31.1 Å². The van der Waals surface area contributed by atoms with Crippen LogP contribution >= 0.6 is 0 Å². The monoisotopic (exact) mass is 372 g/mol. The third-order valence-electron chi connectivity index (χ3n) is 4.55. The van der Waals surface area contributed by atoms with Gasteiger partial charge in [0.25, 0.3) is 5.91 Å². The predicted molar refractivity (Wildman–Crippen MR) is 98.7 cm³/mol. The zero-order chi connectivity index (χ0) is 19.4. The SMILES string of the molecule is COc1cccc(OC)c1C(=O)NCC1CC(=O)N(c2ccc(F)cc2)C1. The van der Waals surface area contributed by atoms with Gasteiger partial charge in [-0.3, -0.25) is 9.59 Å². The van der Waals surface area contributed by atoms with Crippen LogP contribution in [0.15, 0.2) is 42.5 Å². The zero-order valence-corrected chi connectivity index (χ0v) is 15.2. The topological polar surface area (TPSA) is 67.9 Å². The first kappa shape index (κ1) is 18.7. The lowest BCUT2D eigenvalue weighted by molar-refractivity contribution is -0.117. The molecule has 6 nitrogen and oxygen atoms in total. The number of hydrogen-bond donors (Lipinski definition) is 1. The van der Waals surface area contributed by atoms with Crippen LogP contribution in [-0.4, -0.2) is 39.1 Å². The van der Waals surface area contributed by atoms with Crippen molar-refractivity contribution in [2.45, 2.75) is 6.42 Å². The third-order valence-corrected chi connectivity index (χ3v) is 4.55. The molecule has 0 bridgehead atoms. The summed E-state index contributed by atoms with van der Waals surface area (Å²) in [7, 11) is 2.98. The molecule has 1 aliphatic heterocycles. The van der Waals surface area contributed by atoms with Crippen LogP contribution in [0, 0.1) is 11.7 Å². The minimum absolute atomic E-state index is 0.0350. The molecule has 0 aliphatic carbocycles. The fourth-order valence-corrected chi connectivity index (χ4v) is 3.19. The molecule has 1 atom stereocenters. The maximum atomic E-state index is 13.1. The van der Waals surface area contributed by atoms with Crippen molar-refractivity contribution in [1.29, 1.82) is 0 Å². The van der Waals surface area contributed by atoms with Crippen LogP contribution in [0.4, 0.5) is 10.1 Å². The Morgan fingerprint density at radius 1 is 1.15 bits per heavy atom. The highest BCUT2D eigenvalue weighted by Gasteiger charge is 2.31. The Morgan fingerprint density at radius 3 is 2.37 bits per heavy atom. The van der Waals surface area contributed by atoms with Gasteiger partial charge in [-0.1, -0.05) is 6.07 Å². The van der Waals surface area contributed by atoms with E-state index in [0.29, 0.717) is 42.3 Å². The Hall–Kier alpha value is -3.09. The molecule has 1 fully saturated rings. The summed E-state index contributed by atoms with van der Waals surface area (Å²) in [6, 6.07) is 10.9. The van der Waals surface area contributed by atoms with Gasteiger partial charge >= 0.3 is 0 Å². The second kappa shape index (κ2) is 8.07. The van der Waals surface area contributed by atoms with Crippen molar-refractivity contribution in [1.82, 2.24) is 5.32 Å². The van der Waals surface area contributed by atoms with Crippen LogP contribution in [0.25, 0.3) is 0 Å². The van der Waals surface area contributed by atoms with Gasteiger partial charge in [-0.2, -0.15) is 0 Å². The summed E-state index contributed by atoms with van der Waals surface area (Å²) in [5.41, 5.74) is 0.976. The van der Waals surface area contributed by atoms with Gasteiger partial charge in [0.05, 0.1) is 14.2 Å². The summed E-state index contributed by atoms with van der Waals surface area (Å²) >= 11 is 0. The fraction of sp³-hybridized carbons (Fsp3) is 0.300.